The number of pyridine rings is 2. The van der Waals surface area contributed by atoms with Crippen molar-refractivity contribution >= 4 is 41.2 Å². The highest BCUT2D eigenvalue weighted by Gasteiger charge is 2.13. The van der Waals surface area contributed by atoms with E-state index >= 15 is 0 Å². The molecular formula is C20H17ClFN5O. The SMILES string of the molecule is Cc1cnc(-c2cc(Cl)ccc2F)cc1Nc1ccnc(C=N)c1NCC=O. The third-order valence-corrected chi connectivity index (χ3v) is 4.29. The number of aromatic nitrogens is 2. The number of halogens is 2. The van der Waals surface area contributed by atoms with Crippen molar-refractivity contribution in [3.8, 4) is 11.3 Å². The Bertz CT molecular complexity index is 1040. The molecule has 0 amide bonds. The summed E-state index contributed by atoms with van der Waals surface area (Å²) in [4.78, 5) is 19.2. The third kappa shape index (κ3) is 4.15. The highest BCUT2D eigenvalue weighted by atomic mass is 35.5. The fraction of sp³-hybridized carbons (Fsp3) is 0.100. The van der Waals surface area contributed by atoms with Crippen LogP contribution in [0.25, 0.3) is 11.3 Å². The summed E-state index contributed by atoms with van der Waals surface area (Å²) in [6.45, 7) is 1.94. The normalized spacial score (nSPS) is 10.4. The molecule has 0 unspecified atom stereocenters. The second-order valence-corrected chi connectivity index (χ2v) is 6.38. The van der Waals surface area contributed by atoms with Crippen LogP contribution in [0.2, 0.25) is 5.02 Å². The Balaban J connectivity index is 2.03. The van der Waals surface area contributed by atoms with Gasteiger partial charge in [0.1, 0.15) is 17.8 Å². The second kappa shape index (κ2) is 8.58. The summed E-state index contributed by atoms with van der Waals surface area (Å²) in [5.74, 6) is -0.421. The summed E-state index contributed by atoms with van der Waals surface area (Å²) in [6.07, 6.45) is 5.02. The van der Waals surface area contributed by atoms with Crippen LogP contribution in [0.5, 0.6) is 0 Å². The summed E-state index contributed by atoms with van der Waals surface area (Å²) >= 11 is 6.00. The van der Waals surface area contributed by atoms with Gasteiger partial charge in [-0.2, -0.15) is 0 Å². The maximum Gasteiger partial charge on any atom is 0.139 e. The van der Waals surface area contributed by atoms with Gasteiger partial charge in [-0.1, -0.05) is 11.6 Å². The number of aldehydes is 1. The highest BCUT2D eigenvalue weighted by molar-refractivity contribution is 6.30. The standard InChI is InChI=1S/C20H17ClFN5O/c1-12-11-26-18(14-8-13(21)2-3-15(14)22)9-17(12)27-16-4-5-24-19(10-23)20(16)25-6-7-28/h2-5,7-11,23,25H,6H2,1H3,(H,24,26,27). The van der Waals surface area contributed by atoms with Gasteiger partial charge in [-0.15, -0.1) is 0 Å². The van der Waals surface area contributed by atoms with E-state index in [9.17, 15) is 9.18 Å². The maximum atomic E-state index is 14.2. The minimum atomic E-state index is -0.421. The Kier molecular flexibility index (Phi) is 5.96. The van der Waals surface area contributed by atoms with E-state index in [1.807, 2.05) is 6.92 Å². The molecule has 142 valence electrons. The lowest BCUT2D eigenvalue weighted by Crippen LogP contribution is -2.09. The molecule has 0 spiro atoms. The zero-order valence-electron chi connectivity index (χ0n) is 15.0. The molecule has 6 nitrogen and oxygen atoms in total. The quantitative estimate of drug-likeness (QED) is 0.400. The number of nitrogens with zero attached hydrogens (tertiary/aromatic N) is 2. The predicted octanol–water partition coefficient (Wildman–Crippen LogP) is 4.60. The monoisotopic (exact) mass is 397 g/mol. The third-order valence-electron chi connectivity index (χ3n) is 4.06. The highest BCUT2D eigenvalue weighted by Crippen LogP contribution is 2.32. The molecule has 0 aliphatic carbocycles. The number of hydrogen-bond donors (Lipinski definition) is 3. The zero-order valence-corrected chi connectivity index (χ0v) is 15.7. The van der Waals surface area contributed by atoms with Gasteiger partial charge in [0, 0.05) is 34.9 Å². The summed E-state index contributed by atoms with van der Waals surface area (Å²) in [5, 5.41) is 14.1. The molecule has 0 bridgehead atoms. The zero-order chi connectivity index (χ0) is 20.1. The lowest BCUT2D eigenvalue weighted by atomic mass is 10.1. The summed E-state index contributed by atoms with van der Waals surface area (Å²) in [6, 6.07) is 7.74. The summed E-state index contributed by atoms with van der Waals surface area (Å²) in [7, 11) is 0. The van der Waals surface area contributed by atoms with Gasteiger partial charge in [0.15, 0.2) is 0 Å². The largest absolute Gasteiger partial charge is 0.375 e. The molecule has 2 heterocycles. The van der Waals surface area contributed by atoms with Crippen molar-refractivity contribution in [2.75, 3.05) is 17.2 Å². The van der Waals surface area contributed by atoms with Gasteiger partial charge >= 0.3 is 0 Å². The van der Waals surface area contributed by atoms with Crippen LogP contribution in [0.3, 0.4) is 0 Å². The molecule has 0 saturated heterocycles. The Morgan fingerprint density at radius 2 is 2.04 bits per heavy atom. The molecule has 1 aromatic carbocycles. The molecule has 0 fully saturated rings. The molecule has 0 aliphatic rings. The van der Waals surface area contributed by atoms with Crippen LogP contribution in [0.1, 0.15) is 11.3 Å². The number of anilines is 3. The lowest BCUT2D eigenvalue weighted by molar-refractivity contribution is -0.106. The Morgan fingerprint density at radius 3 is 2.79 bits per heavy atom. The van der Waals surface area contributed by atoms with Gasteiger partial charge < -0.3 is 20.8 Å². The predicted molar refractivity (Wildman–Crippen MR) is 109 cm³/mol. The Morgan fingerprint density at radius 1 is 1.21 bits per heavy atom. The van der Waals surface area contributed by atoms with E-state index in [2.05, 4.69) is 20.6 Å². The fourth-order valence-electron chi connectivity index (χ4n) is 2.67. The number of aryl methyl sites for hydroxylation is 1. The van der Waals surface area contributed by atoms with Crippen LogP contribution in [-0.2, 0) is 4.79 Å². The molecular weight excluding hydrogens is 381 g/mol. The Labute approximate surface area is 166 Å². The number of nitrogens with one attached hydrogen (secondary N) is 3. The molecule has 0 atom stereocenters. The first-order chi connectivity index (χ1) is 13.5. The van der Waals surface area contributed by atoms with E-state index in [0.717, 1.165) is 18.1 Å². The average molecular weight is 398 g/mol. The molecule has 2 aromatic heterocycles. The van der Waals surface area contributed by atoms with E-state index in [4.69, 9.17) is 17.0 Å². The van der Waals surface area contributed by atoms with Crippen LogP contribution in [0.4, 0.5) is 21.5 Å². The smallest absolute Gasteiger partial charge is 0.139 e. The van der Waals surface area contributed by atoms with Crippen molar-refractivity contribution in [3.05, 3.63) is 64.8 Å². The molecule has 28 heavy (non-hydrogen) atoms. The first-order valence-electron chi connectivity index (χ1n) is 8.39. The van der Waals surface area contributed by atoms with Crippen molar-refractivity contribution in [3.63, 3.8) is 0 Å². The molecule has 0 radical (unpaired) electrons. The van der Waals surface area contributed by atoms with Gasteiger partial charge in [-0.3, -0.25) is 9.97 Å². The van der Waals surface area contributed by atoms with Crippen molar-refractivity contribution in [2.24, 2.45) is 0 Å². The molecule has 3 rings (SSSR count). The first-order valence-corrected chi connectivity index (χ1v) is 8.77. The number of rotatable bonds is 7. The molecule has 8 heteroatoms. The number of hydrogen-bond acceptors (Lipinski definition) is 6. The second-order valence-electron chi connectivity index (χ2n) is 5.94. The van der Waals surface area contributed by atoms with E-state index < -0.39 is 5.82 Å². The molecule has 3 aromatic rings. The maximum absolute atomic E-state index is 14.2. The number of benzene rings is 1. The van der Waals surface area contributed by atoms with Crippen LogP contribution >= 0.6 is 11.6 Å². The van der Waals surface area contributed by atoms with Crippen molar-refractivity contribution in [1.82, 2.24) is 9.97 Å². The van der Waals surface area contributed by atoms with Crippen LogP contribution in [0.15, 0.2) is 42.7 Å². The van der Waals surface area contributed by atoms with Crippen LogP contribution in [0, 0.1) is 18.2 Å². The van der Waals surface area contributed by atoms with Gasteiger partial charge in [0.2, 0.25) is 0 Å². The minimum Gasteiger partial charge on any atom is -0.375 e. The van der Waals surface area contributed by atoms with Crippen molar-refractivity contribution < 1.29 is 9.18 Å². The van der Waals surface area contributed by atoms with Gasteiger partial charge in [-0.05, 0) is 42.8 Å². The summed E-state index contributed by atoms with van der Waals surface area (Å²) in [5.41, 5.74) is 3.79. The number of carbonyl (C=O) groups excluding carboxylic acids is 1. The lowest BCUT2D eigenvalue weighted by Gasteiger charge is -2.16. The van der Waals surface area contributed by atoms with Crippen molar-refractivity contribution in [1.29, 1.82) is 5.41 Å². The number of carbonyl (C=O) groups is 1. The molecule has 0 saturated carbocycles. The average Bonchev–Trinajstić information content (AvgIpc) is 2.70. The van der Waals surface area contributed by atoms with Crippen LogP contribution < -0.4 is 10.6 Å². The van der Waals surface area contributed by atoms with E-state index in [1.165, 1.54) is 18.2 Å². The van der Waals surface area contributed by atoms with Gasteiger partial charge in [-0.25, -0.2) is 4.39 Å². The van der Waals surface area contributed by atoms with E-state index in [1.54, 1.807) is 24.5 Å². The minimum absolute atomic E-state index is 0.0789. The topological polar surface area (TPSA) is 90.8 Å². The van der Waals surface area contributed by atoms with E-state index in [-0.39, 0.29) is 6.54 Å². The molecule has 3 N–H and O–H groups in total. The van der Waals surface area contributed by atoms with Gasteiger partial charge in [0.05, 0.1) is 23.6 Å². The van der Waals surface area contributed by atoms with Crippen LogP contribution in [-0.4, -0.2) is 29.0 Å². The fourth-order valence-corrected chi connectivity index (χ4v) is 2.84. The van der Waals surface area contributed by atoms with Gasteiger partial charge in [0.25, 0.3) is 0 Å². The Hall–Kier alpha value is -3.32. The molecule has 0 aliphatic heterocycles. The van der Waals surface area contributed by atoms with E-state index in [0.29, 0.717) is 39.0 Å². The first kappa shape index (κ1) is 19.4. The van der Waals surface area contributed by atoms with Crippen molar-refractivity contribution in [2.45, 2.75) is 6.92 Å². The summed E-state index contributed by atoms with van der Waals surface area (Å²) < 4.78 is 14.2.